The SMILES string of the molecule is CCNc1cncc([N+](=O)[O-])c1C. The van der Waals surface area contributed by atoms with E-state index in [1.807, 2.05) is 6.92 Å². The summed E-state index contributed by atoms with van der Waals surface area (Å²) in [6, 6.07) is 0. The lowest BCUT2D eigenvalue weighted by molar-refractivity contribution is -0.385. The third kappa shape index (κ3) is 1.93. The van der Waals surface area contributed by atoms with Gasteiger partial charge < -0.3 is 5.32 Å². The van der Waals surface area contributed by atoms with Crippen molar-refractivity contribution in [3.8, 4) is 0 Å². The molecule has 0 fully saturated rings. The molecule has 0 aromatic carbocycles. The predicted octanol–water partition coefficient (Wildman–Crippen LogP) is 1.73. The number of nitrogens with one attached hydrogen (secondary N) is 1. The molecule has 5 nitrogen and oxygen atoms in total. The monoisotopic (exact) mass is 181 g/mol. The van der Waals surface area contributed by atoms with Crippen molar-refractivity contribution in [2.24, 2.45) is 0 Å². The fourth-order valence-electron chi connectivity index (χ4n) is 1.07. The Bertz CT molecular complexity index is 325. The highest BCUT2D eigenvalue weighted by molar-refractivity contribution is 5.57. The Hall–Kier alpha value is -1.65. The first kappa shape index (κ1) is 9.44. The van der Waals surface area contributed by atoms with Crippen molar-refractivity contribution in [2.45, 2.75) is 13.8 Å². The van der Waals surface area contributed by atoms with E-state index in [4.69, 9.17) is 0 Å². The zero-order valence-corrected chi connectivity index (χ0v) is 7.57. The first-order valence-corrected chi connectivity index (χ1v) is 3.99. The molecule has 0 aliphatic rings. The molecule has 0 aliphatic carbocycles. The fourth-order valence-corrected chi connectivity index (χ4v) is 1.07. The van der Waals surface area contributed by atoms with Gasteiger partial charge in [0.1, 0.15) is 6.20 Å². The molecule has 0 unspecified atom stereocenters. The van der Waals surface area contributed by atoms with Crippen LogP contribution >= 0.6 is 0 Å². The largest absolute Gasteiger partial charge is 0.384 e. The van der Waals surface area contributed by atoms with Crippen LogP contribution in [0.2, 0.25) is 0 Å². The van der Waals surface area contributed by atoms with Crippen LogP contribution in [-0.2, 0) is 0 Å². The Kier molecular flexibility index (Phi) is 2.79. The van der Waals surface area contributed by atoms with E-state index in [-0.39, 0.29) is 5.69 Å². The predicted molar refractivity (Wildman–Crippen MR) is 49.8 cm³/mol. The van der Waals surface area contributed by atoms with Crippen LogP contribution in [0.15, 0.2) is 12.4 Å². The van der Waals surface area contributed by atoms with Crippen LogP contribution in [0.4, 0.5) is 11.4 Å². The number of nitro groups is 1. The molecule has 0 radical (unpaired) electrons. The molecule has 0 atom stereocenters. The molecule has 1 heterocycles. The standard InChI is InChI=1S/C8H11N3O2/c1-3-10-7-4-9-5-8(6(7)2)11(12)13/h4-5,10H,3H2,1-2H3. The summed E-state index contributed by atoms with van der Waals surface area (Å²) < 4.78 is 0. The summed E-state index contributed by atoms with van der Waals surface area (Å²) >= 11 is 0. The fraction of sp³-hybridized carbons (Fsp3) is 0.375. The number of rotatable bonds is 3. The average molecular weight is 181 g/mol. The molecule has 13 heavy (non-hydrogen) atoms. The summed E-state index contributed by atoms with van der Waals surface area (Å²) in [5, 5.41) is 13.5. The Labute approximate surface area is 75.9 Å². The molecule has 1 aromatic rings. The number of pyridine rings is 1. The summed E-state index contributed by atoms with van der Waals surface area (Å²) in [6.07, 6.45) is 2.85. The zero-order chi connectivity index (χ0) is 9.84. The number of anilines is 1. The van der Waals surface area contributed by atoms with Crippen molar-refractivity contribution < 1.29 is 4.92 Å². The Morgan fingerprint density at radius 1 is 1.62 bits per heavy atom. The summed E-state index contributed by atoms with van der Waals surface area (Å²) in [5.74, 6) is 0. The van der Waals surface area contributed by atoms with E-state index in [2.05, 4.69) is 10.3 Å². The molecule has 70 valence electrons. The maximum Gasteiger partial charge on any atom is 0.292 e. The first-order chi connectivity index (χ1) is 6.16. The van der Waals surface area contributed by atoms with Crippen LogP contribution in [0, 0.1) is 17.0 Å². The maximum atomic E-state index is 10.5. The lowest BCUT2D eigenvalue weighted by atomic mass is 10.2. The molecule has 0 saturated carbocycles. The molecule has 0 bridgehead atoms. The van der Waals surface area contributed by atoms with E-state index >= 15 is 0 Å². The lowest BCUT2D eigenvalue weighted by Gasteiger charge is -2.05. The smallest absolute Gasteiger partial charge is 0.292 e. The van der Waals surface area contributed by atoms with Crippen LogP contribution < -0.4 is 5.32 Å². The quantitative estimate of drug-likeness (QED) is 0.569. The van der Waals surface area contributed by atoms with Gasteiger partial charge in [-0.15, -0.1) is 0 Å². The second-order valence-corrected chi connectivity index (χ2v) is 2.62. The molecule has 0 aliphatic heterocycles. The topological polar surface area (TPSA) is 68.1 Å². The Morgan fingerprint density at radius 3 is 2.85 bits per heavy atom. The number of hydrogen-bond donors (Lipinski definition) is 1. The number of aromatic nitrogens is 1. The van der Waals surface area contributed by atoms with Crippen LogP contribution in [0.3, 0.4) is 0 Å². The van der Waals surface area contributed by atoms with Gasteiger partial charge in [0.05, 0.1) is 22.4 Å². The molecule has 0 amide bonds. The van der Waals surface area contributed by atoms with Crippen LogP contribution in [-0.4, -0.2) is 16.5 Å². The van der Waals surface area contributed by atoms with Crippen molar-refractivity contribution in [1.29, 1.82) is 0 Å². The normalized spacial score (nSPS) is 9.69. The third-order valence-electron chi connectivity index (χ3n) is 1.75. The van der Waals surface area contributed by atoms with Crippen molar-refractivity contribution in [3.63, 3.8) is 0 Å². The maximum absolute atomic E-state index is 10.5. The molecular weight excluding hydrogens is 170 g/mol. The summed E-state index contributed by atoms with van der Waals surface area (Å²) in [5.41, 5.74) is 1.40. The molecule has 0 saturated heterocycles. The van der Waals surface area contributed by atoms with Gasteiger partial charge in [0, 0.05) is 6.54 Å². The average Bonchev–Trinajstić information content (AvgIpc) is 2.08. The van der Waals surface area contributed by atoms with Crippen LogP contribution in [0.1, 0.15) is 12.5 Å². The molecule has 1 N–H and O–H groups in total. The zero-order valence-electron chi connectivity index (χ0n) is 7.57. The Morgan fingerprint density at radius 2 is 2.31 bits per heavy atom. The molecule has 0 spiro atoms. The highest BCUT2D eigenvalue weighted by Crippen LogP contribution is 2.22. The third-order valence-corrected chi connectivity index (χ3v) is 1.75. The van der Waals surface area contributed by atoms with E-state index in [0.717, 1.165) is 12.2 Å². The molecule has 1 rings (SSSR count). The van der Waals surface area contributed by atoms with Crippen molar-refractivity contribution in [1.82, 2.24) is 4.98 Å². The van der Waals surface area contributed by atoms with E-state index in [1.54, 1.807) is 13.1 Å². The minimum atomic E-state index is -0.427. The van der Waals surface area contributed by atoms with E-state index in [9.17, 15) is 10.1 Å². The van der Waals surface area contributed by atoms with Gasteiger partial charge in [-0.1, -0.05) is 0 Å². The van der Waals surface area contributed by atoms with E-state index < -0.39 is 4.92 Å². The van der Waals surface area contributed by atoms with Crippen molar-refractivity contribution in [2.75, 3.05) is 11.9 Å². The van der Waals surface area contributed by atoms with Gasteiger partial charge in [-0.2, -0.15) is 0 Å². The molecule has 5 heteroatoms. The second-order valence-electron chi connectivity index (χ2n) is 2.62. The summed E-state index contributed by atoms with van der Waals surface area (Å²) in [6.45, 7) is 4.36. The minimum absolute atomic E-state index is 0.0541. The molecule has 1 aromatic heterocycles. The van der Waals surface area contributed by atoms with Crippen molar-refractivity contribution >= 4 is 11.4 Å². The first-order valence-electron chi connectivity index (χ1n) is 3.99. The lowest BCUT2D eigenvalue weighted by Crippen LogP contribution is -2.02. The van der Waals surface area contributed by atoms with Gasteiger partial charge in [-0.05, 0) is 13.8 Å². The minimum Gasteiger partial charge on any atom is -0.384 e. The highest BCUT2D eigenvalue weighted by Gasteiger charge is 2.13. The van der Waals surface area contributed by atoms with E-state index in [0.29, 0.717) is 5.56 Å². The highest BCUT2D eigenvalue weighted by atomic mass is 16.6. The van der Waals surface area contributed by atoms with Crippen LogP contribution in [0.25, 0.3) is 0 Å². The number of nitrogens with zero attached hydrogens (tertiary/aromatic N) is 2. The summed E-state index contributed by atoms with van der Waals surface area (Å²) in [7, 11) is 0. The second kappa shape index (κ2) is 3.84. The van der Waals surface area contributed by atoms with Gasteiger partial charge in [0.2, 0.25) is 0 Å². The van der Waals surface area contributed by atoms with Gasteiger partial charge in [0.25, 0.3) is 5.69 Å². The van der Waals surface area contributed by atoms with E-state index in [1.165, 1.54) is 6.20 Å². The molecular formula is C8H11N3O2. The van der Waals surface area contributed by atoms with Crippen LogP contribution in [0.5, 0.6) is 0 Å². The van der Waals surface area contributed by atoms with Crippen molar-refractivity contribution in [3.05, 3.63) is 28.1 Å². The summed E-state index contributed by atoms with van der Waals surface area (Å²) in [4.78, 5) is 13.9. The van der Waals surface area contributed by atoms with Gasteiger partial charge in [-0.25, -0.2) is 0 Å². The number of hydrogen-bond acceptors (Lipinski definition) is 4. The van der Waals surface area contributed by atoms with Gasteiger partial charge in [0.15, 0.2) is 0 Å². The van der Waals surface area contributed by atoms with Gasteiger partial charge >= 0.3 is 0 Å². The Balaban J connectivity index is 3.10. The van der Waals surface area contributed by atoms with Gasteiger partial charge in [-0.3, -0.25) is 15.1 Å².